The molecule has 2 N–H and O–H groups in total. The van der Waals surface area contributed by atoms with E-state index >= 15 is 0 Å². The summed E-state index contributed by atoms with van der Waals surface area (Å²) in [6, 6.07) is 7.46. The predicted octanol–water partition coefficient (Wildman–Crippen LogP) is 4.11. The number of benzene rings is 1. The molecule has 0 heterocycles. The van der Waals surface area contributed by atoms with Crippen LogP contribution in [0.1, 0.15) is 32.6 Å². The summed E-state index contributed by atoms with van der Waals surface area (Å²) in [5, 5.41) is 10.1. The Morgan fingerprint density at radius 2 is 1.74 bits per heavy atom. The van der Waals surface area contributed by atoms with Crippen molar-refractivity contribution < 1.29 is 13.9 Å². The monoisotopic (exact) mass is 287 g/mol. The minimum atomic E-state index is -2.74. The second-order valence-corrected chi connectivity index (χ2v) is 6.48. The normalized spacial score (nSPS) is 24.2. The summed E-state index contributed by atoms with van der Waals surface area (Å²) in [5.74, 6) is 0. The van der Waals surface area contributed by atoms with Gasteiger partial charge in [0.15, 0.2) is 0 Å². The van der Waals surface area contributed by atoms with Crippen LogP contribution in [0.5, 0.6) is 0 Å². The number of alkyl halides is 2. The van der Waals surface area contributed by atoms with Crippen molar-refractivity contribution in [3.8, 4) is 0 Å². The van der Waals surface area contributed by atoms with Crippen molar-refractivity contribution >= 4 is 17.4 Å². The molecule has 106 valence electrons. The number of hydrogen-bond donors (Lipinski definition) is 2. The van der Waals surface area contributed by atoms with E-state index in [0.717, 1.165) is 38.3 Å². The summed E-state index contributed by atoms with van der Waals surface area (Å²) in [5.41, 5.74) is 0.949. The lowest BCUT2D eigenvalue weighted by molar-refractivity contribution is 0.126. The Kier molecular flexibility index (Phi) is 4.68. The second kappa shape index (κ2) is 6.09. The molecule has 0 saturated heterocycles. The van der Waals surface area contributed by atoms with Gasteiger partial charge >= 0.3 is 0 Å². The van der Waals surface area contributed by atoms with Crippen molar-refractivity contribution in [2.24, 2.45) is 0 Å². The lowest BCUT2D eigenvalue weighted by Crippen LogP contribution is -2.28. The zero-order valence-electron chi connectivity index (χ0n) is 10.9. The van der Waals surface area contributed by atoms with Gasteiger partial charge in [-0.3, -0.25) is 0 Å². The predicted molar refractivity (Wildman–Crippen MR) is 74.8 cm³/mol. The van der Waals surface area contributed by atoms with Crippen molar-refractivity contribution in [1.82, 2.24) is 0 Å². The van der Waals surface area contributed by atoms with Crippen LogP contribution < -0.4 is 5.32 Å². The highest BCUT2D eigenvalue weighted by molar-refractivity contribution is 8.00. The van der Waals surface area contributed by atoms with Gasteiger partial charge in [0, 0.05) is 23.5 Å². The first-order valence-corrected chi connectivity index (χ1v) is 7.35. The molecule has 0 spiro atoms. The van der Waals surface area contributed by atoms with Crippen LogP contribution in [0.2, 0.25) is 0 Å². The standard InChI is InChI=1S/C14H19F2NOS/c1-14(15,16)19-13-8-4-11(5-9-13)17-10-2-6-12(18)7-3-10/h4-5,8-10,12,17-18H,2-3,6-7H2,1H3. The van der Waals surface area contributed by atoms with Crippen LogP contribution in [0.15, 0.2) is 29.2 Å². The molecular formula is C14H19F2NOS. The Morgan fingerprint density at radius 1 is 1.16 bits per heavy atom. The summed E-state index contributed by atoms with van der Waals surface area (Å²) < 4.78 is 25.7. The SMILES string of the molecule is CC(F)(F)Sc1ccc(NC2CCC(O)CC2)cc1. The average molecular weight is 287 g/mol. The minimum absolute atomic E-state index is 0.163. The quantitative estimate of drug-likeness (QED) is 0.818. The molecule has 19 heavy (non-hydrogen) atoms. The van der Waals surface area contributed by atoms with E-state index in [2.05, 4.69) is 5.32 Å². The van der Waals surface area contributed by atoms with E-state index in [-0.39, 0.29) is 6.10 Å². The van der Waals surface area contributed by atoms with Crippen LogP contribution in [0.3, 0.4) is 0 Å². The third-order valence-corrected chi connectivity index (χ3v) is 4.09. The van der Waals surface area contributed by atoms with Gasteiger partial charge in [-0.05, 0) is 49.9 Å². The maximum atomic E-state index is 12.8. The first kappa shape index (κ1) is 14.6. The smallest absolute Gasteiger partial charge is 0.295 e. The molecular weight excluding hydrogens is 268 g/mol. The zero-order chi connectivity index (χ0) is 13.9. The van der Waals surface area contributed by atoms with Gasteiger partial charge in [0.2, 0.25) is 0 Å². The number of halogens is 2. The van der Waals surface area contributed by atoms with Crippen molar-refractivity contribution in [2.75, 3.05) is 5.32 Å². The third kappa shape index (κ3) is 4.99. The minimum Gasteiger partial charge on any atom is -0.393 e. The van der Waals surface area contributed by atoms with Crippen LogP contribution in [0.4, 0.5) is 14.5 Å². The van der Waals surface area contributed by atoms with Crippen molar-refractivity contribution in [2.45, 2.75) is 54.9 Å². The van der Waals surface area contributed by atoms with Gasteiger partial charge in [0.1, 0.15) is 0 Å². The number of aliphatic hydroxyl groups is 1. The Labute approximate surface area is 116 Å². The molecule has 1 aliphatic rings. The molecule has 1 aromatic carbocycles. The van der Waals surface area contributed by atoms with Crippen LogP contribution >= 0.6 is 11.8 Å². The fourth-order valence-electron chi connectivity index (χ4n) is 2.28. The first-order valence-electron chi connectivity index (χ1n) is 6.54. The van der Waals surface area contributed by atoms with Gasteiger partial charge in [0.05, 0.1) is 6.10 Å². The second-order valence-electron chi connectivity index (χ2n) is 5.08. The van der Waals surface area contributed by atoms with Gasteiger partial charge in [-0.25, -0.2) is 0 Å². The van der Waals surface area contributed by atoms with Gasteiger partial charge in [-0.15, -0.1) is 0 Å². The van der Waals surface area contributed by atoms with Crippen LogP contribution in [-0.2, 0) is 0 Å². The number of nitrogens with one attached hydrogen (secondary N) is 1. The number of anilines is 1. The molecule has 0 aliphatic heterocycles. The largest absolute Gasteiger partial charge is 0.393 e. The Bertz CT molecular complexity index is 397. The summed E-state index contributed by atoms with van der Waals surface area (Å²) in [6.45, 7) is 0.900. The van der Waals surface area contributed by atoms with Crippen LogP contribution in [0, 0.1) is 0 Å². The molecule has 1 aromatic rings. The Morgan fingerprint density at radius 3 is 2.26 bits per heavy atom. The molecule has 2 nitrogen and oxygen atoms in total. The highest BCUT2D eigenvalue weighted by Gasteiger charge is 2.22. The molecule has 0 aromatic heterocycles. The van der Waals surface area contributed by atoms with Crippen molar-refractivity contribution in [1.29, 1.82) is 0 Å². The number of rotatable bonds is 4. The van der Waals surface area contributed by atoms with E-state index in [1.165, 1.54) is 0 Å². The topological polar surface area (TPSA) is 32.3 Å². The maximum absolute atomic E-state index is 12.8. The summed E-state index contributed by atoms with van der Waals surface area (Å²) in [7, 11) is 0. The van der Waals surface area contributed by atoms with E-state index in [1.807, 2.05) is 12.1 Å². The molecule has 1 saturated carbocycles. The third-order valence-electron chi connectivity index (χ3n) is 3.22. The van der Waals surface area contributed by atoms with E-state index in [9.17, 15) is 13.9 Å². The van der Waals surface area contributed by atoms with E-state index in [1.54, 1.807) is 12.1 Å². The highest BCUT2D eigenvalue weighted by Crippen LogP contribution is 2.35. The molecule has 0 bridgehead atoms. The fourth-order valence-corrected chi connectivity index (χ4v) is 2.97. The first-order chi connectivity index (χ1) is 8.92. The molecule has 0 atom stereocenters. The van der Waals surface area contributed by atoms with E-state index < -0.39 is 5.25 Å². The fraction of sp³-hybridized carbons (Fsp3) is 0.571. The molecule has 0 unspecified atom stereocenters. The van der Waals surface area contributed by atoms with Gasteiger partial charge in [-0.1, -0.05) is 11.8 Å². The zero-order valence-corrected chi connectivity index (χ0v) is 11.7. The number of thioether (sulfide) groups is 1. The Hall–Kier alpha value is -0.810. The lowest BCUT2D eigenvalue weighted by Gasteiger charge is -2.27. The summed E-state index contributed by atoms with van der Waals surface area (Å²) in [6.07, 6.45) is 3.39. The van der Waals surface area contributed by atoms with E-state index in [0.29, 0.717) is 22.7 Å². The average Bonchev–Trinajstić information content (AvgIpc) is 2.33. The molecule has 2 rings (SSSR count). The van der Waals surface area contributed by atoms with Gasteiger partial charge < -0.3 is 10.4 Å². The molecule has 0 amide bonds. The summed E-state index contributed by atoms with van der Waals surface area (Å²) in [4.78, 5) is 0.567. The van der Waals surface area contributed by atoms with Gasteiger partial charge in [0.25, 0.3) is 5.25 Å². The van der Waals surface area contributed by atoms with Crippen molar-refractivity contribution in [3.05, 3.63) is 24.3 Å². The molecule has 0 radical (unpaired) electrons. The van der Waals surface area contributed by atoms with Gasteiger partial charge in [-0.2, -0.15) is 8.78 Å². The highest BCUT2D eigenvalue weighted by atomic mass is 32.2. The molecule has 1 fully saturated rings. The molecule has 1 aliphatic carbocycles. The Balaban J connectivity index is 1.88. The lowest BCUT2D eigenvalue weighted by atomic mass is 9.93. The number of aliphatic hydroxyl groups excluding tert-OH is 1. The maximum Gasteiger partial charge on any atom is 0.295 e. The van der Waals surface area contributed by atoms with Crippen LogP contribution in [0.25, 0.3) is 0 Å². The van der Waals surface area contributed by atoms with Crippen LogP contribution in [-0.4, -0.2) is 22.5 Å². The molecule has 5 heteroatoms. The van der Waals surface area contributed by atoms with E-state index in [4.69, 9.17) is 0 Å². The number of hydrogen-bond acceptors (Lipinski definition) is 3. The summed E-state index contributed by atoms with van der Waals surface area (Å²) >= 11 is 0.562. The van der Waals surface area contributed by atoms with Crippen molar-refractivity contribution in [3.63, 3.8) is 0 Å².